The maximum atomic E-state index is 12.4. The Labute approximate surface area is 152 Å². The summed E-state index contributed by atoms with van der Waals surface area (Å²) in [4.78, 5) is 17.6. The number of nitrogens with zero attached hydrogens (tertiary/aromatic N) is 1. The number of para-hydroxylation sites is 1. The average molecular weight is 347 g/mol. The molecule has 2 amide bonds. The van der Waals surface area contributed by atoms with Crippen molar-refractivity contribution in [3.8, 4) is 5.75 Å². The Balaban J connectivity index is 1.50. The number of carbonyl (C=O) groups is 1. The van der Waals surface area contributed by atoms with Crippen molar-refractivity contribution in [1.29, 1.82) is 0 Å². The van der Waals surface area contributed by atoms with E-state index in [-0.39, 0.29) is 6.03 Å². The Morgan fingerprint density at radius 3 is 2.77 bits per heavy atom. The molecule has 0 saturated heterocycles. The fourth-order valence-corrected chi connectivity index (χ4v) is 3.31. The number of fused-ring (bicyclic) bond motifs is 1. The highest BCUT2D eigenvalue weighted by atomic mass is 16.5. The molecule has 5 nitrogen and oxygen atoms in total. The van der Waals surface area contributed by atoms with Crippen LogP contribution < -0.4 is 10.1 Å². The molecule has 0 atom stereocenters. The number of ether oxygens (including phenoxy) is 1. The van der Waals surface area contributed by atoms with Crippen molar-refractivity contribution in [3.05, 3.63) is 66.4 Å². The number of methoxy groups -OCH3 is 1. The highest BCUT2D eigenvalue weighted by molar-refractivity contribution is 5.94. The van der Waals surface area contributed by atoms with Crippen LogP contribution in [-0.4, -0.2) is 36.1 Å². The number of hydrogen-bond acceptors (Lipinski definition) is 2. The highest BCUT2D eigenvalue weighted by Crippen LogP contribution is 2.31. The van der Waals surface area contributed by atoms with Gasteiger partial charge in [-0.2, -0.15) is 0 Å². The number of anilines is 1. The number of H-pyrrole nitrogens is 1. The van der Waals surface area contributed by atoms with E-state index in [2.05, 4.69) is 22.4 Å². The van der Waals surface area contributed by atoms with Crippen molar-refractivity contribution < 1.29 is 9.53 Å². The summed E-state index contributed by atoms with van der Waals surface area (Å²) in [5.74, 6) is 0.846. The molecule has 0 bridgehead atoms. The summed E-state index contributed by atoms with van der Waals surface area (Å²) in [6, 6.07) is 15.5. The van der Waals surface area contributed by atoms with Gasteiger partial charge in [0, 0.05) is 41.4 Å². The third kappa shape index (κ3) is 3.16. The van der Waals surface area contributed by atoms with E-state index < -0.39 is 0 Å². The second-order valence-electron chi connectivity index (χ2n) is 6.34. The van der Waals surface area contributed by atoms with Crippen LogP contribution in [0, 0.1) is 0 Å². The highest BCUT2D eigenvalue weighted by Gasteiger charge is 2.19. The fourth-order valence-electron chi connectivity index (χ4n) is 3.31. The van der Waals surface area contributed by atoms with Gasteiger partial charge < -0.3 is 19.9 Å². The third-order valence-corrected chi connectivity index (χ3v) is 4.76. The Morgan fingerprint density at radius 2 is 2.04 bits per heavy atom. The molecule has 1 aromatic heterocycles. The van der Waals surface area contributed by atoms with E-state index in [1.807, 2.05) is 53.6 Å². The second kappa shape index (κ2) is 6.96. The number of carbonyl (C=O) groups excluding carboxylic acids is 1. The molecule has 3 aromatic rings. The summed E-state index contributed by atoms with van der Waals surface area (Å²) in [5, 5.41) is 4.09. The molecule has 0 radical (unpaired) electrons. The molecule has 2 heterocycles. The standard InChI is InChI=1S/C21H21N3O2/c1-26-17-7-8-20-18(13-17)19(14-22-20)15-9-11-24(12-10-15)21(25)23-16-5-3-2-4-6-16/h2-9,13-14,22H,10-12H2,1H3,(H,23,25). The van der Waals surface area contributed by atoms with Crippen molar-refractivity contribution in [2.75, 3.05) is 25.5 Å². The number of rotatable bonds is 3. The Bertz CT molecular complexity index is 960. The van der Waals surface area contributed by atoms with E-state index in [0.29, 0.717) is 13.1 Å². The van der Waals surface area contributed by atoms with E-state index in [0.717, 1.165) is 28.8 Å². The van der Waals surface area contributed by atoms with Crippen molar-refractivity contribution >= 4 is 28.2 Å². The number of aromatic amines is 1. The molecule has 2 N–H and O–H groups in total. The van der Waals surface area contributed by atoms with Gasteiger partial charge in [-0.15, -0.1) is 0 Å². The first kappa shape index (κ1) is 16.3. The lowest BCUT2D eigenvalue weighted by Crippen LogP contribution is -2.37. The van der Waals surface area contributed by atoms with Gasteiger partial charge in [-0.05, 0) is 42.3 Å². The van der Waals surface area contributed by atoms with Crippen molar-refractivity contribution in [2.24, 2.45) is 0 Å². The largest absolute Gasteiger partial charge is 0.497 e. The van der Waals surface area contributed by atoms with E-state index >= 15 is 0 Å². The minimum absolute atomic E-state index is 0.0629. The molecule has 0 saturated carbocycles. The van der Waals surface area contributed by atoms with Gasteiger partial charge >= 0.3 is 6.03 Å². The first-order chi connectivity index (χ1) is 12.7. The van der Waals surface area contributed by atoms with Crippen LogP contribution in [0.3, 0.4) is 0 Å². The SMILES string of the molecule is COc1ccc2[nH]cc(C3=CCN(C(=O)Nc4ccccc4)CC3)c2c1. The number of aromatic nitrogens is 1. The van der Waals surface area contributed by atoms with Crippen molar-refractivity contribution in [3.63, 3.8) is 0 Å². The lowest BCUT2D eigenvalue weighted by Gasteiger charge is -2.26. The summed E-state index contributed by atoms with van der Waals surface area (Å²) in [6.45, 7) is 1.30. The number of nitrogens with one attached hydrogen (secondary N) is 2. The quantitative estimate of drug-likeness (QED) is 0.733. The van der Waals surface area contributed by atoms with Gasteiger partial charge in [-0.1, -0.05) is 24.3 Å². The molecule has 1 aliphatic heterocycles. The lowest BCUT2D eigenvalue weighted by atomic mass is 9.99. The van der Waals surface area contributed by atoms with Gasteiger partial charge in [-0.3, -0.25) is 0 Å². The number of hydrogen-bond donors (Lipinski definition) is 2. The van der Waals surface area contributed by atoms with Crippen LogP contribution in [0.1, 0.15) is 12.0 Å². The zero-order valence-corrected chi connectivity index (χ0v) is 14.7. The maximum absolute atomic E-state index is 12.4. The fraction of sp³-hybridized carbons (Fsp3) is 0.190. The number of urea groups is 1. The Morgan fingerprint density at radius 1 is 1.19 bits per heavy atom. The van der Waals surface area contributed by atoms with Gasteiger partial charge in [0.25, 0.3) is 0 Å². The molecule has 132 valence electrons. The van der Waals surface area contributed by atoms with E-state index in [4.69, 9.17) is 4.74 Å². The predicted molar refractivity (Wildman–Crippen MR) is 104 cm³/mol. The molecule has 26 heavy (non-hydrogen) atoms. The second-order valence-corrected chi connectivity index (χ2v) is 6.34. The monoisotopic (exact) mass is 347 g/mol. The number of amides is 2. The molecule has 0 aliphatic carbocycles. The summed E-state index contributed by atoms with van der Waals surface area (Å²) in [7, 11) is 1.68. The smallest absolute Gasteiger partial charge is 0.322 e. The van der Waals surface area contributed by atoms with Crippen molar-refractivity contribution in [2.45, 2.75) is 6.42 Å². The predicted octanol–water partition coefficient (Wildman–Crippen LogP) is 4.50. The van der Waals surface area contributed by atoms with E-state index in [9.17, 15) is 4.79 Å². The first-order valence-electron chi connectivity index (χ1n) is 8.70. The van der Waals surface area contributed by atoms with Crippen LogP contribution in [-0.2, 0) is 0 Å². The van der Waals surface area contributed by atoms with Crippen molar-refractivity contribution in [1.82, 2.24) is 9.88 Å². The van der Waals surface area contributed by atoms with Gasteiger partial charge in [0.05, 0.1) is 7.11 Å². The zero-order chi connectivity index (χ0) is 17.9. The molecule has 2 aromatic carbocycles. The topological polar surface area (TPSA) is 57.4 Å². The zero-order valence-electron chi connectivity index (χ0n) is 14.7. The molecule has 0 fully saturated rings. The number of benzene rings is 2. The van der Waals surface area contributed by atoms with Crippen LogP contribution in [0.4, 0.5) is 10.5 Å². The summed E-state index contributed by atoms with van der Waals surface area (Å²) in [5.41, 5.74) is 4.34. The van der Waals surface area contributed by atoms with Crippen LogP contribution in [0.5, 0.6) is 5.75 Å². The summed E-state index contributed by atoms with van der Waals surface area (Å²) in [6.07, 6.45) is 5.00. The summed E-state index contributed by atoms with van der Waals surface area (Å²) < 4.78 is 5.34. The first-order valence-corrected chi connectivity index (χ1v) is 8.70. The molecule has 0 spiro atoms. The summed E-state index contributed by atoms with van der Waals surface area (Å²) >= 11 is 0. The molecular weight excluding hydrogens is 326 g/mol. The van der Waals surface area contributed by atoms with E-state index in [1.54, 1.807) is 7.11 Å². The molecule has 1 aliphatic rings. The van der Waals surface area contributed by atoms with Crippen LogP contribution in [0.15, 0.2) is 60.8 Å². The molecule has 4 rings (SSSR count). The minimum atomic E-state index is -0.0629. The maximum Gasteiger partial charge on any atom is 0.322 e. The normalized spacial score (nSPS) is 14.2. The van der Waals surface area contributed by atoms with Gasteiger partial charge in [0.1, 0.15) is 5.75 Å². The van der Waals surface area contributed by atoms with Gasteiger partial charge in [-0.25, -0.2) is 4.79 Å². The van der Waals surface area contributed by atoms with Crippen LogP contribution in [0.2, 0.25) is 0 Å². The van der Waals surface area contributed by atoms with Gasteiger partial charge in [0.2, 0.25) is 0 Å². The molecular formula is C21H21N3O2. The molecule has 5 heteroatoms. The van der Waals surface area contributed by atoms with Crippen LogP contribution in [0.25, 0.3) is 16.5 Å². The average Bonchev–Trinajstić information content (AvgIpc) is 3.12. The molecule has 0 unspecified atom stereocenters. The minimum Gasteiger partial charge on any atom is -0.497 e. The van der Waals surface area contributed by atoms with Gasteiger partial charge in [0.15, 0.2) is 0 Å². The lowest BCUT2D eigenvalue weighted by molar-refractivity contribution is 0.217. The van der Waals surface area contributed by atoms with Crippen LogP contribution >= 0.6 is 0 Å². The Kier molecular flexibility index (Phi) is 4.35. The third-order valence-electron chi connectivity index (χ3n) is 4.76. The Hall–Kier alpha value is -3.21. The van der Waals surface area contributed by atoms with E-state index in [1.165, 1.54) is 11.1 Å².